The van der Waals surface area contributed by atoms with Crippen LogP contribution in [0.4, 0.5) is 0 Å². The normalized spacial score (nSPS) is 13.4. The van der Waals surface area contributed by atoms with Gasteiger partial charge in [0.2, 0.25) is 0 Å². The molecule has 0 aliphatic carbocycles. The molecule has 1 aliphatic rings. The zero-order valence-corrected chi connectivity index (χ0v) is 10.2. The van der Waals surface area contributed by atoms with Crippen molar-refractivity contribution in [2.24, 2.45) is 0 Å². The fraction of sp³-hybridized carbons (Fsp3) is 0.133. The van der Waals surface area contributed by atoms with Gasteiger partial charge in [-0.15, -0.1) is 0 Å². The minimum absolute atomic E-state index is 0.0567. The number of phenolic OH excluding ortho intramolecular Hbond substituents is 2. The molecule has 2 N–H and O–H groups in total. The summed E-state index contributed by atoms with van der Waals surface area (Å²) in [6.45, 7) is 1.10. The van der Waals surface area contributed by atoms with E-state index in [1.807, 2.05) is 24.3 Å². The molecule has 0 aromatic heterocycles. The number of hydrogen-bond acceptors (Lipinski definition) is 3. The van der Waals surface area contributed by atoms with Crippen molar-refractivity contribution < 1.29 is 15.0 Å². The van der Waals surface area contributed by atoms with E-state index in [0.29, 0.717) is 13.1 Å². The Kier molecular flexibility index (Phi) is 2.63. The average molecular weight is 255 g/mol. The molecule has 1 heterocycles. The Morgan fingerprint density at radius 3 is 2.21 bits per heavy atom. The minimum Gasteiger partial charge on any atom is -0.508 e. The number of rotatable bonds is 1. The van der Waals surface area contributed by atoms with Crippen LogP contribution in [0, 0.1) is 0 Å². The van der Waals surface area contributed by atoms with Crippen LogP contribution in [0.3, 0.4) is 0 Å². The first-order valence-corrected chi connectivity index (χ1v) is 6.03. The first kappa shape index (κ1) is 11.6. The Labute approximate surface area is 110 Å². The van der Waals surface area contributed by atoms with Crippen molar-refractivity contribution in [1.82, 2.24) is 4.90 Å². The number of phenols is 2. The number of aromatic hydroxyl groups is 2. The van der Waals surface area contributed by atoms with Crippen LogP contribution < -0.4 is 0 Å². The second kappa shape index (κ2) is 4.31. The van der Waals surface area contributed by atoms with Crippen LogP contribution in [-0.2, 0) is 13.1 Å². The maximum Gasteiger partial charge on any atom is 0.258 e. The quantitative estimate of drug-likeness (QED) is 0.821. The summed E-state index contributed by atoms with van der Waals surface area (Å²) in [5, 5.41) is 19.0. The zero-order valence-electron chi connectivity index (χ0n) is 10.2. The molecular weight excluding hydrogens is 242 g/mol. The van der Waals surface area contributed by atoms with Gasteiger partial charge in [0.25, 0.3) is 5.91 Å². The number of nitrogens with zero attached hydrogens (tertiary/aromatic N) is 1. The van der Waals surface area contributed by atoms with Gasteiger partial charge in [0.15, 0.2) is 0 Å². The predicted octanol–water partition coefficient (Wildman–Crippen LogP) is 2.25. The second-order valence-electron chi connectivity index (χ2n) is 4.63. The summed E-state index contributed by atoms with van der Waals surface area (Å²) in [4.78, 5) is 14.0. The van der Waals surface area contributed by atoms with Gasteiger partial charge >= 0.3 is 0 Å². The molecule has 2 aromatic carbocycles. The van der Waals surface area contributed by atoms with E-state index >= 15 is 0 Å². The lowest BCUT2D eigenvalue weighted by Gasteiger charge is -2.16. The van der Waals surface area contributed by atoms with Crippen LogP contribution in [0.5, 0.6) is 11.5 Å². The predicted molar refractivity (Wildman–Crippen MR) is 69.8 cm³/mol. The molecule has 96 valence electrons. The summed E-state index contributed by atoms with van der Waals surface area (Å²) in [7, 11) is 0. The lowest BCUT2D eigenvalue weighted by molar-refractivity contribution is 0.0748. The third-order valence-electron chi connectivity index (χ3n) is 3.34. The van der Waals surface area contributed by atoms with E-state index < -0.39 is 0 Å². The van der Waals surface area contributed by atoms with Gasteiger partial charge in [0, 0.05) is 19.2 Å². The van der Waals surface area contributed by atoms with E-state index in [2.05, 4.69) is 0 Å². The highest BCUT2D eigenvalue weighted by Gasteiger charge is 2.25. The molecule has 0 fully saturated rings. The largest absolute Gasteiger partial charge is 0.508 e. The molecule has 4 nitrogen and oxygen atoms in total. The monoisotopic (exact) mass is 255 g/mol. The van der Waals surface area contributed by atoms with Gasteiger partial charge in [-0.1, -0.05) is 24.3 Å². The molecule has 19 heavy (non-hydrogen) atoms. The highest BCUT2D eigenvalue weighted by Crippen LogP contribution is 2.28. The van der Waals surface area contributed by atoms with Crippen LogP contribution in [0.15, 0.2) is 42.5 Å². The average Bonchev–Trinajstić information content (AvgIpc) is 2.81. The Hall–Kier alpha value is -2.49. The van der Waals surface area contributed by atoms with Crippen molar-refractivity contribution in [3.63, 3.8) is 0 Å². The number of hydrogen-bond donors (Lipinski definition) is 2. The fourth-order valence-corrected chi connectivity index (χ4v) is 2.35. The summed E-state index contributed by atoms with van der Waals surface area (Å²) in [6, 6.07) is 11.9. The smallest absolute Gasteiger partial charge is 0.258 e. The summed E-state index contributed by atoms with van der Waals surface area (Å²) in [6.07, 6.45) is 0. The zero-order chi connectivity index (χ0) is 13.4. The van der Waals surface area contributed by atoms with Crippen LogP contribution in [0.2, 0.25) is 0 Å². The second-order valence-corrected chi connectivity index (χ2v) is 4.63. The van der Waals surface area contributed by atoms with E-state index in [4.69, 9.17) is 0 Å². The Bertz CT molecular complexity index is 627. The molecule has 0 spiro atoms. The van der Waals surface area contributed by atoms with Gasteiger partial charge in [-0.25, -0.2) is 0 Å². The fourth-order valence-electron chi connectivity index (χ4n) is 2.35. The number of carbonyl (C=O) groups excluding carboxylic acids is 1. The van der Waals surface area contributed by atoms with E-state index in [1.165, 1.54) is 18.2 Å². The molecule has 1 amide bonds. The van der Waals surface area contributed by atoms with Crippen molar-refractivity contribution in [2.45, 2.75) is 13.1 Å². The van der Waals surface area contributed by atoms with Gasteiger partial charge in [0.1, 0.15) is 11.5 Å². The molecule has 0 saturated carbocycles. The molecular formula is C15H13NO3. The Morgan fingerprint density at radius 1 is 1.00 bits per heavy atom. The topological polar surface area (TPSA) is 60.8 Å². The van der Waals surface area contributed by atoms with Gasteiger partial charge in [-0.05, 0) is 23.3 Å². The maximum absolute atomic E-state index is 12.3. The van der Waals surface area contributed by atoms with Crippen molar-refractivity contribution in [3.8, 4) is 11.5 Å². The lowest BCUT2D eigenvalue weighted by Crippen LogP contribution is -2.25. The van der Waals surface area contributed by atoms with Gasteiger partial charge in [-0.2, -0.15) is 0 Å². The summed E-state index contributed by atoms with van der Waals surface area (Å²) in [5.74, 6) is -0.478. The number of amides is 1. The van der Waals surface area contributed by atoms with Crippen molar-refractivity contribution >= 4 is 5.91 Å². The summed E-state index contributed by atoms with van der Waals surface area (Å²) in [5.41, 5.74) is 2.48. The van der Waals surface area contributed by atoms with Crippen LogP contribution in [0.25, 0.3) is 0 Å². The van der Waals surface area contributed by atoms with E-state index in [1.54, 1.807) is 4.90 Å². The SMILES string of the molecule is O=C(c1ccc(O)cc1O)N1Cc2ccccc2C1. The molecule has 0 bridgehead atoms. The summed E-state index contributed by atoms with van der Waals surface area (Å²) >= 11 is 0. The van der Waals surface area contributed by atoms with Gasteiger partial charge in [-0.3, -0.25) is 4.79 Å². The van der Waals surface area contributed by atoms with E-state index in [-0.39, 0.29) is 23.0 Å². The molecule has 0 atom stereocenters. The molecule has 3 rings (SSSR count). The first-order valence-electron chi connectivity index (χ1n) is 6.03. The van der Waals surface area contributed by atoms with Gasteiger partial charge in [0.05, 0.1) is 5.56 Å². The van der Waals surface area contributed by atoms with Gasteiger partial charge < -0.3 is 15.1 Å². The van der Waals surface area contributed by atoms with Crippen molar-refractivity contribution in [3.05, 3.63) is 59.2 Å². The lowest BCUT2D eigenvalue weighted by atomic mass is 10.1. The van der Waals surface area contributed by atoms with E-state index in [0.717, 1.165) is 11.1 Å². The summed E-state index contributed by atoms with van der Waals surface area (Å²) < 4.78 is 0. The molecule has 1 aliphatic heterocycles. The molecule has 0 radical (unpaired) electrons. The third-order valence-corrected chi connectivity index (χ3v) is 3.34. The Balaban J connectivity index is 1.87. The molecule has 0 saturated heterocycles. The standard InChI is InChI=1S/C15H13NO3/c17-12-5-6-13(14(18)7-12)15(19)16-8-10-3-1-2-4-11(10)9-16/h1-7,17-18H,8-9H2. The maximum atomic E-state index is 12.3. The molecule has 4 heteroatoms. The van der Waals surface area contributed by atoms with Crippen molar-refractivity contribution in [2.75, 3.05) is 0 Å². The van der Waals surface area contributed by atoms with E-state index in [9.17, 15) is 15.0 Å². The van der Waals surface area contributed by atoms with Crippen LogP contribution >= 0.6 is 0 Å². The third kappa shape index (κ3) is 2.01. The number of carbonyl (C=O) groups is 1. The first-order chi connectivity index (χ1) is 9.15. The highest BCUT2D eigenvalue weighted by molar-refractivity contribution is 5.97. The van der Waals surface area contributed by atoms with Crippen molar-refractivity contribution in [1.29, 1.82) is 0 Å². The van der Waals surface area contributed by atoms with Crippen LogP contribution in [-0.4, -0.2) is 21.0 Å². The number of benzene rings is 2. The molecule has 0 unspecified atom stereocenters. The minimum atomic E-state index is -0.228. The Morgan fingerprint density at radius 2 is 1.63 bits per heavy atom. The number of fused-ring (bicyclic) bond motifs is 1. The van der Waals surface area contributed by atoms with Crippen LogP contribution in [0.1, 0.15) is 21.5 Å². The highest BCUT2D eigenvalue weighted by atomic mass is 16.3. The molecule has 2 aromatic rings.